The molecule has 0 aromatic heterocycles. The van der Waals surface area contributed by atoms with E-state index in [4.69, 9.17) is 16.3 Å². The van der Waals surface area contributed by atoms with Crippen LogP contribution in [0.4, 0.5) is 4.79 Å². The molecule has 1 N–H and O–H groups in total. The lowest BCUT2D eigenvalue weighted by atomic mass is 10.0. The number of ether oxygens (including phenoxy) is 1. The fraction of sp³-hybridized carbons (Fsp3) is 0.346. The lowest BCUT2D eigenvalue weighted by Crippen LogP contribution is -2.39. The number of hydrogen-bond donors (Lipinski definition) is 1. The Kier molecular flexibility index (Phi) is 8.81. The van der Waals surface area contributed by atoms with Crippen molar-refractivity contribution in [1.82, 2.24) is 14.5 Å². The Hall–Kier alpha value is -2.86. The summed E-state index contributed by atoms with van der Waals surface area (Å²) in [6.45, 7) is 2.78. The molecular weight excluding hydrogens is 550 g/mol. The number of nitrogens with zero attached hydrogens (tertiary/aromatic N) is 2. The fourth-order valence-corrected chi connectivity index (χ4v) is 7.24. The van der Waals surface area contributed by atoms with E-state index in [2.05, 4.69) is 5.32 Å². The highest BCUT2D eigenvalue weighted by Gasteiger charge is 2.35. The average molecular weight is 578 g/mol. The summed E-state index contributed by atoms with van der Waals surface area (Å²) in [5.41, 5.74) is 0.865. The van der Waals surface area contributed by atoms with Gasteiger partial charge in [0.1, 0.15) is 10.6 Å². The van der Waals surface area contributed by atoms with Crippen molar-refractivity contribution in [3.63, 3.8) is 0 Å². The topological polar surface area (TPSA) is 113 Å². The van der Waals surface area contributed by atoms with Crippen LogP contribution in [0.5, 0.6) is 5.75 Å². The predicted molar refractivity (Wildman–Crippen MR) is 147 cm³/mol. The van der Waals surface area contributed by atoms with Gasteiger partial charge in [-0.15, -0.1) is 0 Å². The second kappa shape index (κ2) is 11.9. The van der Waals surface area contributed by atoms with E-state index >= 15 is 0 Å². The van der Waals surface area contributed by atoms with Crippen molar-refractivity contribution in [3.8, 4) is 5.75 Å². The molecule has 2 aromatic rings. The maximum Gasteiger partial charge on any atom is 0.293 e. The van der Waals surface area contributed by atoms with Crippen molar-refractivity contribution in [2.24, 2.45) is 5.92 Å². The molecule has 0 bridgehead atoms. The Morgan fingerprint density at radius 1 is 1.21 bits per heavy atom. The van der Waals surface area contributed by atoms with Crippen LogP contribution in [-0.4, -0.2) is 68.0 Å². The van der Waals surface area contributed by atoms with Gasteiger partial charge in [-0.25, -0.2) is 8.42 Å². The monoisotopic (exact) mass is 577 g/mol. The van der Waals surface area contributed by atoms with Crippen LogP contribution in [0.15, 0.2) is 52.3 Å². The summed E-state index contributed by atoms with van der Waals surface area (Å²) in [5.74, 6) is -0.0615. The standard InChI is InChI=1S/C26H28ClN3O6S2/c1-17-4-3-12-29(16-17)38(34,35)23-15-19(7-10-21(23)27)24(31)28-11-13-30-25(32)22(37-26(30)33)14-18-5-8-20(36-2)9-6-18/h5-10,14-15,17H,3-4,11-13,16H2,1-2H3,(H,28,31)/b22-14-/t17-/m0/s1. The smallest absolute Gasteiger partial charge is 0.293 e. The minimum Gasteiger partial charge on any atom is -0.497 e. The first-order chi connectivity index (χ1) is 18.1. The van der Waals surface area contributed by atoms with Gasteiger partial charge in [0.2, 0.25) is 10.0 Å². The molecule has 0 unspecified atom stereocenters. The van der Waals surface area contributed by atoms with E-state index in [1.807, 2.05) is 6.92 Å². The molecule has 0 spiro atoms. The van der Waals surface area contributed by atoms with Gasteiger partial charge in [-0.3, -0.25) is 19.3 Å². The summed E-state index contributed by atoms with van der Waals surface area (Å²) in [5, 5.41) is 2.26. The molecule has 1 atom stereocenters. The molecule has 202 valence electrons. The maximum absolute atomic E-state index is 13.2. The van der Waals surface area contributed by atoms with Crippen molar-refractivity contribution in [1.29, 1.82) is 0 Å². The summed E-state index contributed by atoms with van der Waals surface area (Å²) in [6.07, 6.45) is 3.35. The van der Waals surface area contributed by atoms with Gasteiger partial charge in [-0.05, 0) is 72.5 Å². The summed E-state index contributed by atoms with van der Waals surface area (Å²) >= 11 is 7.05. The summed E-state index contributed by atoms with van der Waals surface area (Å²) in [4.78, 5) is 39.2. The number of sulfonamides is 1. The molecule has 0 radical (unpaired) electrons. The van der Waals surface area contributed by atoms with Gasteiger partial charge in [0.25, 0.3) is 17.1 Å². The van der Waals surface area contributed by atoms with E-state index in [9.17, 15) is 22.8 Å². The van der Waals surface area contributed by atoms with Crippen LogP contribution in [0, 0.1) is 5.92 Å². The van der Waals surface area contributed by atoms with Gasteiger partial charge in [-0.2, -0.15) is 4.31 Å². The number of rotatable bonds is 8. The Bertz CT molecular complexity index is 1380. The molecule has 2 aliphatic rings. The number of nitrogens with one attached hydrogen (secondary N) is 1. The van der Waals surface area contributed by atoms with Crippen LogP contribution in [0.25, 0.3) is 6.08 Å². The zero-order valence-electron chi connectivity index (χ0n) is 21.0. The van der Waals surface area contributed by atoms with Gasteiger partial charge in [0.15, 0.2) is 0 Å². The Morgan fingerprint density at radius 2 is 1.95 bits per heavy atom. The lowest BCUT2D eigenvalue weighted by molar-refractivity contribution is -0.122. The van der Waals surface area contributed by atoms with Crippen LogP contribution in [0.1, 0.15) is 35.7 Å². The number of piperidine rings is 1. The molecule has 38 heavy (non-hydrogen) atoms. The molecule has 2 heterocycles. The number of carbonyl (C=O) groups excluding carboxylic acids is 3. The number of thioether (sulfide) groups is 1. The highest BCUT2D eigenvalue weighted by molar-refractivity contribution is 8.18. The number of imide groups is 1. The van der Waals surface area contributed by atoms with E-state index in [-0.39, 0.29) is 39.4 Å². The maximum atomic E-state index is 13.2. The van der Waals surface area contributed by atoms with Gasteiger partial charge >= 0.3 is 0 Å². The number of hydrogen-bond acceptors (Lipinski definition) is 7. The first kappa shape index (κ1) is 28.2. The van der Waals surface area contributed by atoms with E-state index in [1.165, 1.54) is 22.5 Å². The first-order valence-corrected chi connectivity index (χ1v) is 14.7. The van der Waals surface area contributed by atoms with Gasteiger partial charge in [-0.1, -0.05) is 30.7 Å². The Labute approximate surface area is 231 Å². The molecular formula is C26H28ClN3O6S2. The number of methoxy groups -OCH3 is 1. The Balaban J connectivity index is 1.39. The quantitative estimate of drug-likeness (QED) is 0.467. The predicted octanol–water partition coefficient (Wildman–Crippen LogP) is 4.24. The van der Waals surface area contributed by atoms with Crippen molar-refractivity contribution in [2.45, 2.75) is 24.7 Å². The van der Waals surface area contributed by atoms with Crippen LogP contribution in [-0.2, 0) is 14.8 Å². The summed E-state index contributed by atoms with van der Waals surface area (Å²) in [7, 11) is -2.30. The minimum absolute atomic E-state index is 0.00103. The van der Waals surface area contributed by atoms with Crippen LogP contribution < -0.4 is 10.1 Å². The molecule has 12 heteroatoms. The molecule has 9 nitrogen and oxygen atoms in total. The first-order valence-electron chi connectivity index (χ1n) is 12.1. The van der Waals surface area contributed by atoms with E-state index in [0.717, 1.165) is 35.1 Å². The highest BCUT2D eigenvalue weighted by atomic mass is 35.5. The third kappa shape index (κ3) is 6.23. The average Bonchev–Trinajstić information content (AvgIpc) is 3.16. The second-order valence-corrected chi connectivity index (χ2v) is 12.4. The molecule has 4 rings (SSSR count). The molecule has 2 saturated heterocycles. The van der Waals surface area contributed by atoms with Crippen molar-refractivity contribution >= 4 is 56.5 Å². The third-order valence-corrected chi connectivity index (χ3v) is 9.59. The molecule has 0 aliphatic carbocycles. The zero-order valence-corrected chi connectivity index (χ0v) is 23.4. The normalized spacial score (nSPS) is 19.7. The van der Waals surface area contributed by atoms with Crippen LogP contribution in [0.2, 0.25) is 5.02 Å². The molecule has 2 aromatic carbocycles. The zero-order chi connectivity index (χ0) is 27.4. The summed E-state index contributed by atoms with van der Waals surface area (Å²) in [6, 6.07) is 11.2. The van der Waals surface area contributed by atoms with Crippen molar-refractivity contribution in [2.75, 3.05) is 33.3 Å². The number of benzene rings is 2. The number of carbonyl (C=O) groups is 3. The van der Waals surface area contributed by atoms with Crippen LogP contribution in [0.3, 0.4) is 0 Å². The van der Waals surface area contributed by atoms with Crippen molar-refractivity contribution in [3.05, 3.63) is 63.5 Å². The molecule has 2 fully saturated rings. The lowest BCUT2D eigenvalue weighted by Gasteiger charge is -2.30. The third-order valence-electron chi connectivity index (χ3n) is 6.34. The van der Waals surface area contributed by atoms with E-state index < -0.39 is 27.1 Å². The highest BCUT2D eigenvalue weighted by Crippen LogP contribution is 2.32. The van der Waals surface area contributed by atoms with Crippen molar-refractivity contribution < 1.29 is 27.5 Å². The molecule has 3 amide bonds. The van der Waals surface area contributed by atoms with E-state index in [0.29, 0.717) is 18.8 Å². The molecule has 2 aliphatic heterocycles. The second-order valence-electron chi connectivity index (χ2n) is 9.12. The SMILES string of the molecule is COc1ccc(/C=C2\SC(=O)N(CCNC(=O)c3ccc(Cl)c(S(=O)(=O)N4CCC[C@H](C)C4)c3)C2=O)cc1. The van der Waals surface area contributed by atoms with E-state index in [1.54, 1.807) is 37.5 Å². The molecule has 0 saturated carbocycles. The van der Waals surface area contributed by atoms with Gasteiger partial charge in [0, 0.05) is 31.7 Å². The Morgan fingerprint density at radius 3 is 2.63 bits per heavy atom. The minimum atomic E-state index is -3.86. The number of amides is 3. The van der Waals surface area contributed by atoms with Gasteiger partial charge in [0.05, 0.1) is 17.0 Å². The number of halogens is 1. The summed E-state index contributed by atoms with van der Waals surface area (Å²) < 4.78 is 32.9. The van der Waals surface area contributed by atoms with Gasteiger partial charge < -0.3 is 10.1 Å². The largest absolute Gasteiger partial charge is 0.497 e. The van der Waals surface area contributed by atoms with Crippen LogP contribution >= 0.6 is 23.4 Å². The fourth-order valence-electron chi connectivity index (χ4n) is 4.27.